The number of aryl methyl sites for hydroxylation is 2. The van der Waals surface area contributed by atoms with E-state index in [-0.39, 0.29) is 23.9 Å². The van der Waals surface area contributed by atoms with Crippen molar-refractivity contribution in [1.82, 2.24) is 18.7 Å². The van der Waals surface area contributed by atoms with Gasteiger partial charge in [0.25, 0.3) is 5.56 Å². The summed E-state index contributed by atoms with van der Waals surface area (Å²) in [5, 5.41) is 9.58. The summed E-state index contributed by atoms with van der Waals surface area (Å²) in [5.74, 6) is 0.667. The van der Waals surface area contributed by atoms with E-state index in [4.69, 9.17) is 0 Å². The van der Waals surface area contributed by atoms with Crippen LogP contribution in [-0.2, 0) is 20.6 Å². The van der Waals surface area contributed by atoms with Crippen molar-refractivity contribution in [3.8, 4) is 0 Å². The second-order valence-electron chi connectivity index (χ2n) is 5.73. The number of nitrogens with zero attached hydrogens (tertiary/aromatic N) is 5. The van der Waals surface area contributed by atoms with Crippen LogP contribution in [0.25, 0.3) is 11.2 Å². The van der Waals surface area contributed by atoms with Gasteiger partial charge in [0.05, 0.1) is 12.6 Å². The Hall–Kier alpha value is -2.09. The van der Waals surface area contributed by atoms with E-state index in [2.05, 4.69) is 4.98 Å². The molecule has 0 amide bonds. The lowest BCUT2D eigenvalue weighted by atomic mass is 10.2. The molecule has 0 saturated heterocycles. The second kappa shape index (κ2) is 5.28. The fourth-order valence-corrected chi connectivity index (χ4v) is 3.16. The quantitative estimate of drug-likeness (QED) is 0.819. The van der Waals surface area contributed by atoms with Gasteiger partial charge in [0.15, 0.2) is 11.2 Å². The molecule has 0 fully saturated rings. The molecule has 2 aromatic rings. The highest BCUT2D eigenvalue weighted by molar-refractivity contribution is 5.75. The molecule has 0 aromatic carbocycles. The van der Waals surface area contributed by atoms with Crippen molar-refractivity contribution in [1.29, 1.82) is 0 Å². The summed E-state index contributed by atoms with van der Waals surface area (Å²) in [5.41, 5.74) is 0.157. The van der Waals surface area contributed by atoms with Gasteiger partial charge in [-0.3, -0.25) is 13.9 Å². The van der Waals surface area contributed by atoms with Gasteiger partial charge >= 0.3 is 5.69 Å². The number of aromatic nitrogens is 4. The Bertz CT molecular complexity index is 828. The molecule has 0 bridgehead atoms. The number of anilines is 1. The van der Waals surface area contributed by atoms with E-state index in [1.807, 2.05) is 16.4 Å². The highest BCUT2D eigenvalue weighted by Crippen LogP contribution is 2.26. The van der Waals surface area contributed by atoms with E-state index in [9.17, 15) is 14.7 Å². The highest BCUT2D eigenvalue weighted by atomic mass is 16.3. The Labute approximate surface area is 127 Å². The molecular weight excluding hydrogens is 286 g/mol. The lowest BCUT2D eigenvalue weighted by molar-refractivity contribution is 0.251. The SMILES string of the molecule is CCC(CO)N1CCCn2c1nc1c2c(=O)n(C)c(=O)n1C. The van der Waals surface area contributed by atoms with Gasteiger partial charge in [-0.1, -0.05) is 6.92 Å². The van der Waals surface area contributed by atoms with E-state index in [0.29, 0.717) is 23.7 Å². The molecular formula is C14H21N5O3. The van der Waals surface area contributed by atoms with Crippen molar-refractivity contribution in [2.75, 3.05) is 18.1 Å². The van der Waals surface area contributed by atoms with E-state index >= 15 is 0 Å². The van der Waals surface area contributed by atoms with Crippen molar-refractivity contribution in [3.05, 3.63) is 20.8 Å². The third kappa shape index (κ3) is 1.90. The Balaban J connectivity index is 2.33. The first-order chi connectivity index (χ1) is 10.5. The first-order valence-corrected chi connectivity index (χ1v) is 7.55. The molecule has 22 heavy (non-hydrogen) atoms. The summed E-state index contributed by atoms with van der Waals surface area (Å²) < 4.78 is 4.39. The van der Waals surface area contributed by atoms with Crippen LogP contribution in [0, 0.1) is 0 Å². The number of hydrogen-bond donors (Lipinski definition) is 1. The summed E-state index contributed by atoms with van der Waals surface area (Å²) in [6.45, 7) is 3.53. The zero-order valence-corrected chi connectivity index (χ0v) is 13.1. The van der Waals surface area contributed by atoms with E-state index in [1.54, 1.807) is 7.05 Å². The van der Waals surface area contributed by atoms with Gasteiger partial charge in [0.2, 0.25) is 5.95 Å². The topological polar surface area (TPSA) is 85.3 Å². The minimum atomic E-state index is -0.381. The van der Waals surface area contributed by atoms with Gasteiger partial charge in [0.1, 0.15) is 0 Å². The van der Waals surface area contributed by atoms with E-state index < -0.39 is 0 Å². The molecule has 1 unspecified atom stereocenters. The van der Waals surface area contributed by atoms with Gasteiger partial charge in [-0.2, -0.15) is 4.98 Å². The van der Waals surface area contributed by atoms with Crippen LogP contribution in [0.2, 0.25) is 0 Å². The average molecular weight is 307 g/mol. The minimum Gasteiger partial charge on any atom is -0.394 e. The summed E-state index contributed by atoms with van der Waals surface area (Å²) >= 11 is 0. The van der Waals surface area contributed by atoms with Crippen molar-refractivity contribution >= 4 is 17.1 Å². The van der Waals surface area contributed by atoms with Gasteiger partial charge < -0.3 is 14.6 Å². The van der Waals surface area contributed by atoms with Crippen LogP contribution in [-0.4, -0.2) is 43.0 Å². The van der Waals surface area contributed by atoms with Crippen LogP contribution < -0.4 is 16.1 Å². The fourth-order valence-electron chi connectivity index (χ4n) is 3.16. The highest BCUT2D eigenvalue weighted by Gasteiger charge is 2.28. The third-order valence-electron chi connectivity index (χ3n) is 4.49. The average Bonchev–Trinajstić information content (AvgIpc) is 2.92. The molecule has 3 heterocycles. The number of fused-ring (bicyclic) bond motifs is 3. The second-order valence-corrected chi connectivity index (χ2v) is 5.73. The lowest BCUT2D eigenvalue weighted by Crippen LogP contribution is -2.43. The molecule has 0 aliphatic carbocycles. The number of rotatable bonds is 3. The molecule has 1 aliphatic rings. The normalized spacial score (nSPS) is 16.1. The van der Waals surface area contributed by atoms with Crippen LogP contribution >= 0.6 is 0 Å². The minimum absolute atomic E-state index is 0.0308. The van der Waals surface area contributed by atoms with E-state index in [1.165, 1.54) is 11.6 Å². The largest absolute Gasteiger partial charge is 0.394 e. The number of aliphatic hydroxyl groups is 1. The van der Waals surface area contributed by atoms with Crippen molar-refractivity contribution in [2.45, 2.75) is 32.4 Å². The Morgan fingerprint density at radius 3 is 2.59 bits per heavy atom. The smallest absolute Gasteiger partial charge is 0.332 e. The van der Waals surface area contributed by atoms with Gasteiger partial charge in [-0.05, 0) is 12.8 Å². The summed E-state index contributed by atoms with van der Waals surface area (Å²) in [6.07, 6.45) is 1.66. The first kappa shape index (κ1) is 14.8. The molecule has 0 saturated carbocycles. The number of hydrogen-bond acceptors (Lipinski definition) is 5. The first-order valence-electron chi connectivity index (χ1n) is 7.55. The molecule has 8 heteroatoms. The molecule has 120 valence electrons. The van der Waals surface area contributed by atoms with Crippen LogP contribution in [0.3, 0.4) is 0 Å². The Morgan fingerprint density at radius 2 is 1.95 bits per heavy atom. The number of aliphatic hydroxyl groups excluding tert-OH is 1. The van der Waals surface area contributed by atoms with Crippen molar-refractivity contribution in [2.24, 2.45) is 14.1 Å². The zero-order valence-electron chi connectivity index (χ0n) is 13.1. The molecule has 1 N–H and O–H groups in total. The van der Waals surface area contributed by atoms with Crippen molar-refractivity contribution in [3.63, 3.8) is 0 Å². The van der Waals surface area contributed by atoms with Crippen LogP contribution in [0.1, 0.15) is 19.8 Å². The van der Waals surface area contributed by atoms with Crippen LogP contribution in [0.5, 0.6) is 0 Å². The fraction of sp³-hybridized carbons (Fsp3) is 0.643. The maximum atomic E-state index is 12.5. The van der Waals surface area contributed by atoms with Crippen LogP contribution in [0.15, 0.2) is 9.59 Å². The van der Waals surface area contributed by atoms with Gasteiger partial charge in [-0.25, -0.2) is 4.79 Å². The third-order valence-corrected chi connectivity index (χ3v) is 4.49. The Kier molecular flexibility index (Phi) is 3.56. The zero-order chi connectivity index (χ0) is 16.0. The maximum Gasteiger partial charge on any atom is 0.332 e. The number of imidazole rings is 1. The molecule has 1 atom stereocenters. The Morgan fingerprint density at radius 1 is 1.23 bits per heavy atom. The van der Waals surface area contributed by atoms with Gasteiger partial charge in [0, 0.05) is 27.2 Å². The molecule has 1 aliphatic heterocycles. The maximum absolute atomic E-state index is 12.5. The predicted molar refractivity (Wildman–Crippen MR) is 83.3 cm³/mol. The molecule has 0 spiro atoms. The van der Waals surface area contributed by atoms with Crippen LogP contribution in [0.4, 0.5) is 5.95 Å². The summed E-state index contributed by atoms with van der Waals surface area (Å²) in [7, 11) is 3.10. The molecule has 2 aromatic heterocycles. The molecule has 0 radical (unpaired) electrons. The predicted octanol–water partition coefficient (Wildman–Crippen LogP) is -0.585. The lowest BCUT2D eigenvalue weighted by Gasteiger charge is -2.34. The van der Waals surface area contributed by atoms with E-state index in [0.717, 1.165) is 24.0 Å². The molecule has 3 rings (SSSR count). The van der Waals surface area contributed by atoms with Crippen molar-refractivity contribution < 1.29 is 5.11 Å². The molecule has 8 nitrogen and oxygen atoms in total. The standard InChI is InChI=1S/C14H21N5O3/c1-4-9(8-20)18-6-5-7-19-10-11(15-13(18)19)16(2)14(22)17(3)12(10)21/h9,20H,4-8H2,1-3H3. The summed E-state index contributed by atoms with van der Waals surface area (Å²) in [6, 6.07) is -0.0308. The van der Waals surface area contributed by atoms with Gasteiger partial charge in [-0.15, -0.1) is 0 Å². The monoisotopic (exact) mass is 307 g/mol. The summed E-state index contributed by atoms with van der Waals surface area (Å²) in [4.78, 5) is 31.1.